The highest BCUT2D eigenvalue weighted by molar-refractivity contribution is 6.31. The van der Waals surface area contributed by atoms with Crippen LogP contribution in [-0.4, -0.2) is 37.2 Å². The predicted octanol–water partition coefficient (Wildman–Crippen LogP) is 4.62. The minimum Gasteiger partial charge on any atom is -0.456 e. The van der Waals surface area contributed by atoms with Crippen LogP contribution >= 0.6 is 11.6 Å². The van der Waals surface area contributed by atoms with E-state index in [1.54, 1.807) is 24.3 Å². The number of rotatable bonds is 7. The number of hydrogen-bond acceptors (Lipinski definition) is 5. The largest absolute Gasteiger partial charge is 0.456 e. The molecule has 28 heavy (non-hydrogen) atoms. The Bertz CT molecular complexity index is 767. The van der Waals surface area contributed by atoms with Crippen molar-refractivity contribution >= 4 is 17.6 Å². The number of benzene rings is 2. The van der Waals surface area contributed by atoms with E-state index in [0.717, 1.165) is 5.56 Å². The zero-order valence-electron chi connectivity index (χ0n) is 16.0. The van der Waals surface area contributed by atoms with E-state index < -0.39 is 12.2 Å². The van der Waals surface area contributed by atoms with Gasteiger partial charge in [0.25, 0.3) is 0 Å². The van der Waals surface area contributed by atoms with Gasteiger partial charge in [-0.2, -0.15) is 0 Å². The number of halogens is 1. The van der Waals surface area contributed by atoms with Crippen LogP contribution in [-0.2, 0) is 25.6 Å². The van der Waals surface area contributed by atoms with Crippen molar-refractivity contribution in [2.24, 2.45) is 0 Å². The van der Waals surface area contributed by atoms with E-state index >= 15 is 0 Å². The fourth-order valence-electron chi connectivity index (χ4n) is 3.06. The number of carbonyl (C=O) groups excluding carboxylic acids is 1. The fraction of sp³-hybridized carbons (Fsp3) is 0.409. The molecule has 0 amide bonds. The summed E-state index contributed by atoms with van der Waals surface area (Å²) in [6.45, 7) is 4.48. The summed E-state index contributed by atoms with van der Waals surface area (Å²) >= 11 is 6.21. The van der Waals surface area contributed by atoms with E-state index in [2.05, 4.69) is 0 Å². The van der Waals surface area contributed by atoms with E-state index in [1.165, 1.54) is 0 Å². The second-order valence-electron chi connectivity index (χ2n) is 6.69. The molecule has 1 aliphatic rings. The maximum absolute atomic E-state index is 12.4. The molecule has 1 heterocycles. The van der Waals surface area contributed by atoms with Crippen molar-refractivity contribution in [1.82, 2.24) is 0 Å². The Morgan fingerprint density at radius 2 is 1.89 bits per heavy atom. The molecule has 0 radical (unpaired) electrons. The van der Waals surface area contributed by atoms with Crippen molar-refractivity contribution in [3.05, 3.63) is 70.7 Å². The van der Waals surface area contributed by atoms with Crippen LogP contribution in [0.3, 0.4) is 0 Å². The Hall–Kier alpha value is -1.92. The molecule has 0 aromatic heterocycles. The van der Waals surface area contributed by atoms with E-state index in [1.807, 2.05) is 44.2 Å². The molecule has 0 N–H and O–H groups in total. The highest BCUT2D eigenvalue weighted by Crippen LogP contribution is 2.25. The first-order chi connectivity index (χ1) is 13.6. The first-order valence-corrected chi connectivity index (χ1v) is 9.84. The minimum atomic E-state index is -0.498. The molecule has 1 aliphatic heterocycles. The monoisotopic (exact) mass is 404 g/mol. The summed E-state index contributed by atoms with van der Waals surface area (Å²) in [6, 6.07) is 16.4. The zero-order valence-corrected chi connectivity index (χ0v) is 16.8. The van der Waals surface area contributed by atoms with E-state index in [-0.39, 0.29) is 18.4 Å². The van der Waals surface area contributed by atoms with Crippen LogP contribution in [0, 0.1) is 0 Å². The average molecular weight is 405 g/mol. The molecule has 3 rings (SSSR count). The van der Waals surface area contributed by atoms with Crippen LogP contribution in [0.5, 0.6) is 0 Å². The van der Waals surface area contributed by atoms with E-state index in [9.17, 15) is 4.79 Å². The quantitative estimate of drug-likeness (QED) is 0.630. The lowest BCUT2D eigenvalue weighted by Crippen LogP contribution is -2.51. The van der Waals surface area contributed by atoms with Crippen LogP contribution in [0.15, 0.2) is 54.6 Å². The van der Waals surface area contributed by atoms with Gasteiger partial charge in [0.15, 0.2) is 6.29 Å². The summed E-state index contributed by atoms with van der Waals surface area (Å²) in [4.78, 5) is 12.4. The molecule has 0 saturated carbocycles. The highest BCUT2D eigenvalue weighted by Gasteiger charge is 2.37. The Morgan fingerprint density at radius 3 is 2.61 bits per heavy atom. The lowest BCUT2D eigenvalue weighted by molar-refractivity contribution is -0.279. The summed E-state index contributed by atoms with van der Waals surface area (Å²) in [5, 5.41) is 0.645. The van der Waals surface area contributed by atoms with Crippen molar-refractivity contribution in [3.8, 4) is 0 Å². The highest BCUT2D eigenvalue weighted by atomic mass is 35.5. The number of hydrogen-bond donors (Lipinski definition) is 0. The van der Waals surface area contributed by atoms with E-state index in [4.69, 9.17) is 30.5 Å². The normalized spacial score (nSPS) is 23.2. The van der Waals surface area contributed by atoms with Crippen LogP contribution in [0.1, 0.15) is 36.2 Å². The molecule has 1 saturated heterocycles. The third-order valence-corrected chi connectivity index (χ3v) is 5.00. The van der Waals surface area contributed by atoms with Crippen LogP contribution in [0.2, 0.25) is 5.02 Å². The van der Waals surface area contributed by atoms with Gasteiger partial charge in [0.1, 0.15) is 18.3 Å². The molecule has 150 valence electrons. The smallest absolute Gasteiger partial charge is 0.338 e. The predicted molar refractivity (Wildman–Crippen MR) is 106 cm³/mol. The molecule has 0 spiro atoms. The number of ether oxygens (including phenoxy) is 4. The molecule has 1 fully saturated rings. The molecular formula is C22H25ClO5. The minimum absolute atomic E-state index is 0.323. The Labute approximate surface area is 170 Å². The standard InChI is InChI=1S/C22H25ClO5/c1-3-20-26-14-19(25-13-17-11-7-8-12-18(17)23)21(28-20)15(2)27-22(24)16-9-5-4-6-10-16/h4-12,15,19-21H,3,13-14H2,1-2H3/t15?,19-,20+,21+/m0/s1. The van der Waals surface area contributed by atoms with E-state index in [0.29, 0.717) is 30.2 Å². The van der Waals surface area contributed by atoms with Crippen LogP contribution in [0.25, 0.3) is 0 Å². The third kappa shape index (κ3) is 5.32. The molecule has 4 atom stereocenters. The summed E-state index contributed by atoms with van der Waals surface area (Å²) in [7, 11) is 0. The summed E-state index contributed by atoms with van der Waals surface area (Å²) in [6.07, 6.45) is -0.955. The van der Waals surface area contributed by atoms with Gasteiger partial charge in [-0.05, 0) is 37.1 Å². The topological polar surface area (TPSA) is 54.0 Å². The van der Waals surface area contributed by atoms with Gasteiger partial charge >= 0.3 is 5.97 Å². The Balaban J connectivity index is 1.66. The lowest BCUT2D eigenvalue weighted by Gasteiger charge is -2.38. The molecule has 0 bridgehead atoms. The van der Waals surface area contributed by atoms with Crippen molar-refractivity contribution in [2.45, 2.75) is 51.5 Å². The van der Waals surface area contributed by atoms with Crippen molar-refractivity contribution in [1.29, 1.82) is 0 Å². The molecule has 2 aromatic carbocycles. The number of esters is 1. The van der Waals surface area contributed by atoms with Gasteiger partial charge in [-0.15, -0.1) is 0 Å². The maximum Gasteiger partial charge on any atom is 0.338 e. The summed E-state index contributed by atoms with van der Waals surface area (Å²) in [5.41, 5.74) is 1.39. The molecule has 0 aliphatic carbocycles. The molecule has 6 heteroatoms. The second kappa shape index (κ2) is 10.0. The van der Waals surface area contributed by atoms with Gasteiger partial charge in [0, 0.05) is 5.02 Å². The van der Waals surface area contributed by atoms with Gasteiger partial charge in [-0.1, -0.05) is 54.9 Å². The molecule has 2 aromatic rings. The van der Waals surface area contributed by atoms with Crippen LogP contribution in [0.4, 0.5) is 0 Å². The lowest BCUT2D eigenvalue weighted by atomic mass is 10.1. The van der Waals surface area contributed by atoms with Gasteiger partial charge in [0.05, 0.1) is 18.8 Å². The Morgan fingerprint density at radius 1 is 1.18 bits per heavy atom. The van der Waals surface area contributed by atoms with Crippen molar-refractivity contribution in [3.63, 3.8) is 0 Å². The van der Waals surface area contributed by atoms with Gasteiger partial charge in [-0.3, -0.25) is 0 Å². The van der Waals surface area contributed by atoms with Crippen molar-refractivity contribution in [2.75, 3.05) is 6.61 Å². The molecule has 5 nitrogen and oxygen atoms in total. The fourth-order valence-corrected chi connectivity index (χ4v) is 3.25. The Kier molecular flexibility index (Phi) is 7.45. The average Bonchev–Trinajstić information content (AvgIpc) is 2.73. The van der Waals surface area contributed by atoms with Gasteiger partial charge in [-0.25, -0.2) is 4.79 Å². The summed E-state index contributed by atoms with van der Waals surface area (Å²) in [5.74, 6) is -0.388. The first-order valence-electron chi connectivity index (χ1n) is 9.46. The maximum atomic E-state index is 12.4. The van der Waals surface area contributed by atoms with Crippen LogP contribution < -0.4 is 0 Å². The third-order valence-electron chi connectivity index (χ3n) is 4.63. The molecule has 1 unspecified atom stereocenters. The van der Waals surface area contributed by atoms with Gasteiger partial charge < -0.3 is 18.9 Å². The van der Waals surface area contributed by atoms with Gasteiger partial charge in [0.2, 0.25) is 0 Å². The van der Waals surface area contributed by atoms with Crippen molar-refractivity contribution < 1.29 is 23.7 Å². The first kappa shape index (κ1) is 20.8. The number of carbonyl (C=O) groups is 1. The SMILES string of the molecule is CC[C@@H]1OC[C@H](OCc2ccccc2Cl)[C@@H](C(C)OC(=O)c2ccccc2)O1. The zero-order chi connectivity index (χ0) is 19.9. The second-order valence-corrected chi connectivity index (χ2v) is 7.10. The summed E-state index contributed by atoms with van der Waals surface area (Å²) < 4.78 is 23.4. The molecular weight excluding hydrogens is 380 g/mol.